The van der Waals surface area contributed by atoms with E-state index in [9.17, 15) is 14.7 Å². The first-order valence-electron chi connectivity index (χ1n) is 5.57. The zero-order valence-electron chi connectivity index (χ0n) is 9.61. The summed E-state index contributed by atoms with van der Waals surface area (Å²) in [4.78, 5) is 24.0. The van der Waals surface area contributed by atoms with Gasteiger partial charge in [0.25, 0.3) is 5.91 Å². The Hall–Kier alpha value is -2.08. The Labute approximate surface area is 104 Å². The maximum absolute atomic E-state index is 11.3. The predicted molar refractivity (Wildman–Crippen MR) is 64.4 cm³/mol. The van der Waals surface area contributed by atoms with Gasteiger partial charge >= 0.3 is 5.97 Å². The van der Waals surface area contributed by atoms with Crippen molar-refractivity contribution in [2.45, 2.75) is 18.6 Å². The molecule has 1 heterocycles. The van der Waals surface area contributed by atoms with E-state index in [0.717, 1.165) is 0 Å². The van der Waals surface area contributed by atoms with Gasteiger partial charge in [-0.3, -0.25) is 4.79 Å². The summed E-state index contributed by atoms with van der Waals surface area (Å²) in [5.74, 6) is -1.64. The molecule has 0 saturated carbocycles. The second-order valence-corrected chi connectivity index (χ2v) is 4.28. The highest BCUT2D eigenvalue weighted by Gasteiger charge is 2.37. The van der Waals surface area contributed by atoms with Crippen LogP contribution < -0.4 is 10.6 Å². The van der Waals surface area contributed by atoms with E-state index in [2.05, 4.69) is 0 Å². The molecular formula is C12H14N2O4. The fourth-order valence-corrected chi connectivity index (χ4v) is 2.25. The number of carboxylic acid groups (broad SMARTS) is 1. The van der Waals surface area contributed by atoms with Crippen molar-refractivity contribution in [3.8, 4) is 0 Å². The van der Waals surface area contributed by atoms with Crippen LogP contribution in [0, 0.1) is 0 Å². The normalized spacial score (nSPS) is 23.1. The third-order valence-electron chi connectivity index (χ3n) is 3.04. The fraction of sp³-hybridized carbons (Fsp3) is 0.333. The summed E-state index contributed by atoms with van der Waals surface area (Å²) in [5, 5.41) is 18.7. The second kappa shape index (κ2) is 4.66. The topological polar surface area (TPSA) is 104 Å². The van der Waals surface area contributed by atoms with Crippen LogP contribution in [0.5, 0.6) is 0 Å². The van der Waals surface area contributed by atoms with Crippen molar-refractivity contribution in [3.05, 3.63) is 29.8 Å². The minimum absolute atomic E-state index is 0.141. The molecule has 6 heteroatoms. The fourth-order valence-electron chi connectivity index (χ4n) is 2.25. The Kier molecular flexibility index (Phi) is 3.20. The number of nitrogens with zero attached hydrogens (tertiary/aromatic N) is 1. The molecule has 1 aliphatic rings. The van der Waals surface area contributed by atoms with Gasteiger partial charge < -0.3 is 20.8 Å². The molecule has 2 unspecified atom stereocenters. The third-order valence-corrected chi connectivity index (χ3v) is 3.04. The summed E-state index contributed by atoms with van der Waals surface area (Å²) in [6.45, 7) is 0.182. The number of para-hydroxylation sites is 1. The van der Waals surface area contributed by atoms with Crippen LogP contribution >= 0.6 is 0 Å². The lowest BCUT2D eigenvalue weighted by Crippen LogP contribution is -2.37. The Morgan fingerprint density at radius 1 is 1.33 bits per heavy atom. The van der Waals surface area contributed by atoms with Crippen molar-refractivity contribution in [1.82, 2.24) is 0 Å². The van der Waals surface area contributed by atoms with E-state index >= 15 is 0 Å². The van der Waals surface area contributed by atoms with Gasteiger partial charge in [0.1, 0.15) is 6.04 Å². The number of carboxylic acids is 1. The van der Waals surface area contributed by atoms with Gasteiger partial charge in [-0.1, -0.05) is 12.1 Å². The molecule has 2 atom stereocenters. The number of benzene rings is 1. The van der Waals surface area contributed by atoms with E-state index in [4.69, 9.17) is 10.8 Å². The SMILES string of the molecule is NC(=O)c1ccccc1N1CC(O)CC1C(=O)O. The summed E-state index contributed by atoms with van der Waals surface area (Å²) < 4.78 is 0. The Balaban J connectivity index is 2.41. The van der Waals surface area contributed by atoms with E-state index < -0.39 is 24.0 Å². The van der Waals surface area contributed by atoms with E-state index in [1.165, 1.54) is 4.90 Å². The molecule has 1 aromatic rings. The predicted octanol–water partition coefficient (Wildman–Crippen LogP) is -0.190. The molecular weight excluding hydrogens is 236 g/mol. The largest absolute Gasteiger partial charge is 0.480 e. The van der Waals surface area contributed by atoms with Crippen molar-refractivity contribution >= 4 is 17.6 Å². The van der Waals surface area contributed by atoms with Gasteiger partial charge in [0.15, 0.2) is 0 Å². The van der Waals surface area contributed by atoms with Crippen molar-refractivity contribution in [2.75, 3.05) is 11.4 Å². The lowest BCUT2D eigenvalue weighted by atomic mass is 10.1. The molecule has 1 aliphatic heterocycles. The summed E-state index contributed by atoms with van der Waals surface area (Å²) >= 11 is 0. The maximum atomic E-state index is 11.3. The zero-order valence-corrected chi connectivity index (χ0v) is 9.61. The first-order chi connectivity index (χ1) is 8.50. The lowest BCUT2D eigenvalue weighted by Gasteiger charge is -2.25. The molecule has 4 N–H and O–H groups in total. The van der Waals surface area contributed by atoms with Crippen molar-refractivity contribution in [1.29, 1.82) is 0 Å². The van der Waals surface area contributed by atoms with E-state index in [1.807, 2.05) is 0 Å². The van der Waals surface area contributed by atoms with Gasteiger partial charge in [-0.05, 0) is 12.1 Å². The number of hydrogen-bond donors (Lipinski definition) is 3. The van der Waals surface area contributed by atoms with E-state index in [-0.39, 0.29) is 18.5 Å². The van der Waals surface area contributed by atoms with Crippen LogP contribution in [0.2, 0.25) is 0 Å². The summed E-state index contributed by atoms with van der Waals surface area (Å²) in [6.07, 6.45) is -0.574. The number of primary amides is 1. The maximum Gasteiger partial charge on any atom is 0.326 e. The van der Waals surface area contributed by atoms with Crippen LogP contribution in [0.25, 0.3) is 0 Å². The standard InChI is InChI=1S/C12H14N2O4/c13-11(16)8-3-1-2-4-9(8)14-6-7(15)5-10(14)12(17)18/h1-4,7,10,15H,5-6H2,(H2,13,16)(H,17,18). The van der Waals surface area contributed by atoms with Gasteiger partial charge in [-0.25, -0.2) is 4.79 Å². The molecule has 96 valence electrons. The van der Waals surface area contributed by atoms with Crippen molar-refractivity contribution < 1.29 is 19.8 Å². The van der Waals surface area contributed by atoms with Crippen molar-refractivity contribution in [3.63, 3.8) is 0 Å². The highest BCUT2D eigenvalue weighted by atomic mass is 16.4. The lowest BCUT2D eigenvalue weighted by molar-refractivity contribution is -0.138. The summed E-state index contributed by atoms with van der Waals surface area (Å²) in [5.41, 5.74) is 5.98. The smallest absolute Gasteiger partial charge is 0.326 e. The number of aliphatic hydroxyl groups excluding tert-OH is 1. The molecule has 1 amide bonds. The molecule has 2 rings (SSSR count). The van der Waals surface area contributed by atoms with Gasteiger partial charge in [-0.2, -0.15) is 0 Å². The van der Waals surface area contributed by atoms with Crippen LogP contribution in [0.3, 0.4) is 0 Å². The average Bonchev–Trinajstić information content (AvgIpc) is 2.71. The van der Waals surface area contributed by atoms with Gasteiger partial charge in [0, 0.05) is 13.0 Å². The minimum atomic E-state index is -1.02. The number of amides is 1. The molecule has 6 nitrogen and oxygen atoms in total. The molecule has 0 spiro atoms. The van der Waals surface area contributed by atoms with E-state index in [0.29, 0.717) is 5.69 Å². The number of aliphatic carboxylic acids is 1. The molecule has 0 bridgehead atoms. The van der Waals surface area contributed by atoms with Crippen LogP contribution in [-0.4, -0.2) is 40.8 Å². The number of carbonyl (C=O) groups is 2. The average molecular weight is 250 g/mol. The first kappa shape index (κ1) is 12.4. The van der Waals surface area contributed by atoms with E-state index in [1.54, 1.807) is 24.3 Å². The number of anilines is 1. The molecule has 18 heavy (non-hydrogen) atoms. The zero-order chi connectivity index (χ0) is 13.3. The van der Waals surface area contributed by atoms with Crippen LogP contribution in [0.4, 0.5) is 5.69 Å². The number of hydrogen-bond acceptors (Lipinski definition) is 4. The monoisotopic (exact) mass is 250 g/mol. The van der Waals surface area contributed by atoms with Crippen LogP contribution in [0.15, 0.2) is 24.3 Å². The van der Waals surface area contributed by atoms with Gasteiger partial charge in [0.05, 0.1) is 17.4 Å². The Morgan fingerprint density at radius 2 is 2.00 bits per heavy atom. The Bertz CT molecular complexity index is 489. The molecule has 1 aromatic carbocycles. The molecule has 1 fully saturated rings. The molecule has 0 aromatic heterocycles. The first-order valence-corrected chi connectivity index (χ1v) is 5.57. The van der Waals surface area contributed by atoms with Crippen LogP contribution in [0.1, 0.15) is 16.8 Å². The summed E-state index contributed by atoms with van der Waals surface area (Å²) in [6, 6.07) is 5.70. The van der Waals surface area contributed by atoms with Gasteiger partial charge in [-0.15, -0.1) is 0 Å². The quantitative estimate of drug-likeness (QED) is 0.689. The molecule has 0 aliphatic carbocycles. The molecule has 1 saturated heterocycles. The molecule has 0 radical (unpaired) electrons. The number of β-amino-alcohol motifs (C(OH)–C–C–N with tert-alkyl or cyclic N) is 1. The van der Waals surface area contributed by atoms with Crippen LogP contribution in [-0.2, 0) is 4.79 Å². The number of nitrogens with two attached hydrogens (primary N) is 1. The van der Waals surface area contributed by atoms with Crippen molar-refractivity contribution in [2.24, 2.45) is 5.73 Å². The number of carbonyl (C=O) groups excluding carboxylic acids is 1. The number of rotatable bonds is 3. The number of aliphatic hydroxyl groups is 1. The third kappa shape index (κ3) is 2.14. The highest BCUT2D eigenvalue weighted by molar-refractivity contribution is 5.99. The Morgan fingerprint density at radius 3 is 2.61 bits per heavy atom. The van der Waals surface area contributed by atoms with Gasteiger partial charge in [0.2, 0.25) is 0 Å². The second-order valence-electron chi connectivity index (χ2n) is 4.28. The minimum Gasteiger partial charge on any atom is -0.480 e. The summed E-state index contributed by atoms with van der Waals surface area (Å²) in [7, 11) is 0. The highest BCUT2D eigenvalue weighted by Crippen LogP contribution is 2.28.